The first-order chi connectivity index (χ1) is 14.1. The molecule has 2 aliphatic carbocycles. The summed E-state index contributed by atoms with van der Waals surface area (Å²) in [5, 5.41) is 0. The molecule has 168 valence electrons. The molecule has 2 fully saturated rings. The topological polar surface area (TPSA) is 26.3 Å². The van der Waals surface area contributed by atoms with Crippen LogP contribution >= 0.6 is 0 Å². The number of carbonyl (C=O) groups is 1. The highest BCUT2D eigenvalue weighted by atomic mass is 16.6. The second kappa shape index (κ2) is 13.5. The van der Waals surface area contributed by atoms with Gasteiger partial charge in [0.2, 0.25) is 0 Å². The number of unbranched alkanes of at least 4 members (excludes halogenated alkanes) is 2. The number of carbonyl (C=O) groups excluding carboxylic acids is 1. The Bertz CT molecular complexity index is 451. The minimum absolute atomic E-state index is 0.0890. The Labute approximate surface area is 181 Å². The van der Waals surface area contributed by atoms with Crippen LogP contribution in [0.4, 0.5) is 0 Å². The fraction of sp³-hybridized carbons (Fsp3) is 0.889. The Morgan fingerprint density at radius 1 is 0.862 bits per heavy atom. The molecule has 0 amide bonds. The van der Waals surface area contributed by atoms with Crippen LogP contribution < -0.4 is 0 Å². The molecular formula is C27H48O2. The van der Waals surface area contributed by atoms with E-state index in [1.807, 2.05) is 0 Å². The summed E-state index contributed by atoms with van der Waals surface area (Å²) in [6.45, 7) is 6.73. The van der Waals surface area contributed by atoms with E-state index in [0.29, 0.717) is 11.8 Å². The monoisotopic (exact) mass is 404 g/mol. The lowest BCUT2D eigenvalue weighted by Crippen LogP contribution is -2.48. The van der Waals surface area contributed by atoms with Gasteiger partial charge in [-0.15, -0.1) is 0 Å². The fourth-order valence-corrected chi connectivity index (χ4v) is 5.76. The number of ether oxygens (including phenoxy) is 1. The van der Waals surface area contributed by atoms with Crippen molar-refractivity contribution in [1.82, 2.24) is 0 Å². The summed E-state index contributed by atoms with van der Waals surface area (Å²) in [5.41, 5.74) is -0.231. The van der Waals surface area contributed by atoms with Crippen LogP contribution in [0.15, 0.2) is 12.2 Å². The molecule has 2 rings (SSSR count). The number of hydrogen-bond donors (Lipinski definition) is 0. The molecule has 1 unspecified atom stereocenters. The maximum atomic E-state index is 13.4. The third-order valence-corrected chi connectivity index (χ3v) is 7.67. The van der Waals surface area contributed by atoms with Crippen molar-refractivity contribution in [1.29, 1.82) is 0 Å². The van der Waals surface area contributed by atoms with Crippen molar-refractivity contribution in [2.24, 2.45) is 17.8 Å². The zero-order valence-corrected chi connectivity index (χ0v) is 19.7. The van der Waals surface area contributed by atoms with Crippen LogP contribution in [0.5, 0.6) is 0 Å². The van der Waals surface area contributed by atoms with Crippen molar-refractivity contribution in [2.75, 3.05) is 0 Å². The Kier molecular flexibility index (Phi) is 11.4. The lowest BCUT2D eigenvalue weighted by atomic mass is 9.67. The molecule has 0 aliphatic heterocycles. The van der Waals surface area contributed by atoms with Gasteiger partial charge in [-0.3, -0.25) is 4.79 Å². The Balaban J connectivity index is 2.00. The highest BCUT2D eigenvalue weighted by Crippen LogP contribution is 2.45. The largest absolute Gasteiger partial charge is 0.459 e. The van der Waals surface area contributed by atoms with Gasteiger partial charge in [0, 0.05) is 0 Å². The van der Waals surface area contributed by atoms with Crippen LogP contribution in [-0.4, -0.2) is 11.6 Å². The molecule has 2 nitrogen and oxygen atoms in total. The zero-order valence-electron chi connectivity index (χ0n) is 19.7. The Hall–Kier alpha value is -0.790. The van der Waals surface area contributed by atoms with E-state index in [2.05, 4.69) is 32.9 Å². The first kappa shape index (κ1) is 24.5. The molecular weight excluding hydrogens is 356 g/mol. The van der Waals surface area contributed by atoms with Crippen LogP contribution in [-0.2, 0) is 9.53 Å². The normalized spacial score (nSPS) is 20.8. The second-order valence-corrected chi connectivity index (χ2v) is 9.95. The molecule has 0 aromatic carbocycles. The van der Waals surface area contributed by atoms with Crippen molar-refractivity contribution >= 4 is 5.97 Å². The van der Waals surface area contributed by atoms with Crippen molar-refractivity contribution in [3.8, 4) is 0 Å². The van der Waals surface area contributed by atoms with E-state index >= 15 is 0 Å². The van der Waals surface area contributed by atoms with Gasteiger partial charge in [0.25, 0.3) is 0 Å². The van der Waals surface area contributed by atoms with Gasteiger partial charge in [-0.05, 0) is 76.5 Å². The van der Waals surface area contributed by atoms with E-state index in [-0.39, 0.29) is 17.5 Å². The number of hydrogen-bond acceptors (Lipinski definition) is 2. The second-order valence-electron chi connectivity index (χ2n) is 9.95. The molecule has 0 spiro atoms. The molecule has 0 aromatic heterocycles. The summed E-state index contributed by atoms with van der Waals surface area (Å²) in [6.07, 6.45) is 25.1. The summed E-state index contributed by atoms with van der Waals surface area (Å²) in [7, 11) is 0. The van der Waals surface area contributed by atoms with Crippen molar-refractivity contribution in [3.63, 3.8) is 0 Å². The predicted octanol–water partition coefficient (Wildman–Crippen LogP) is 8.39. The molecule has 0 saturated heterocycles. The molecule has 0 bridgehead atoms. The summed E-state index contributed by atoms with van der Waals surface area (Å²) >= 11 is 0. The van der Waals surface area contributed by atoms with Gasteiger partial charge in [0.1, 0.15) is 5.60 Å². The smallest absolute Gasteiger partial charge is 0.309 e. The summed E-state index contributed by atoms with van der Waals surface area (Å²) < 4.78 is 6.57. The van der Waals surface area contributed by atoms with Crippen molar-refractivity contribution in [3.05, 3.63) is 12.2 Å². The van der Waals surface area contributed by atoms with Crippen LogP contribution in [0.25, 0.3) is 0 Å². The van der Waals surface area contributed by atoms with Crippen LogP contribution in [0.2, 0.25) is 0 Å². The standard InChI is InChI=1S/C27H48O2/c1-4-6-7-8-9-12-18-23(17-5-2)26(28)29-27(3,24-19-13-10-14-20-24)25-21-15-11-16-22-25/h7-8,23-25H,4-6,9-22H2,1-3H3/b8-7+. The minimum atomic E-state index is -0.231. The quantitative estimate of drug-likeness (QED) is 0.185. The average Bonchev–Trinajstić information content (AvgIpc) is 2.76. The number of allylic oxidation sites excluding steroid dienone is 2. The van der Waals surface area contributed by atoms with Crippen LogP contribution in [0.3, 0.4) is 0 Å². The molecule has 2 saturated carbocycles. The van der Waals surface area contributed by atoms with Crippen molar-refractivity contribution < 1.29 is 9.53 Å². The SMILES string of the molecule is CCC/C=C/CCCC(CCC)C(=O)OC(C)(C1CCCCC1)C1CCCCC1. The Morgan fingerprint density at radius 3 is 1.93 bits per heavy atom. The predicted molar refractivity (Wildman–Crippen MR) is 124 cm³/mol. The summed E-state index contributed by atoms with van der Waals surface area (Å²) in [5.74, 6) is 1.35. The minimum Gasteiger partial charge on any atom is -0.459 e. The van der Waals surface area contributed by atoms with Gasteiger partial charge in [-0.2, -0.15) is 0 Å². The Morgan fingerprint density at radius 2 is 1.41 bits per heavy atom. The number of esters is 1. The third-order valence-electron chi connectivity index (χ3n) is 7.67. The molecule has 1 atom stereocenters. The lowest BCUT2D eigenvalue weighted by molar-refractivity contribution is -0.182. The maximum Gasteiger partial charge on any atom is 0.309 e. The van der Waals surface area contributed by atoms with Gasteiger partial charge in [0.15, 0.2) is 0 Å². The molecule has 0 aromatic rings. The molecule has 2 heteroatoms. The molecule has 0 radical (unpaired) electrons. The molecule has 0 N–H and O–H groups in total. The number of rotatable bonds is 12. The summed E-state index contributed by atoms with van der Waals surface area (Å²) in [4.78, 5) is 13.4. The van der Waals surface area contributed by atoms with Gasteiger partial charge < -0.3 is 4.74 Å². The lowest BCUT2D eigenvalue weighted by Gasteiger charge is -2.46. The highest BCUT2D eigenvalue weighted by molar-refractivity contribution is 5.73. The van der Waals surface area contributed by atoms with Gasteiger partial charge >= 0.3 is 5.97 Å². The van der Waals surface area contributed by atoms with E-state index in [1.165, 1.54) is 77.0 Å². The van der Waals surface area contributed by atoms with E-state index < -0.39 is 0 Å². The summed E-state index contributed by atoms with van der Waals surface area (Å²) in [6, 6.07) is 0. The third kappa shape index (κ3) is 7.76. The van der Waals surface area contributed by atoms with Crippen LogP contribution in [0, 0.1) is 17.8 Å². The molecule has 29 heavy (non-hydrogen) atoms. The van der Waals surface area contributed by atoms with E-state index in [0.717, 1.165) is 32.1 Å². The average molecular weight is 405 g/mol. The molecule has 0 heterocycles. The van der Waals surface area contributed by atoms with Gasteiger partial charge in [0.05, 0.1) is 5.92 Å². The fourth-order valence-electron chi connectivity index (χ4n) is 5.76. The molecule has 2 aliphatic rings. The van der Waals surface area contributed by atoms with Gasteiger partial charge in [-0.25, -0.2) is 0 Å². The first-order valence-corrected chi connectivity index (χ1v) is 13.0. The highest BCUT2D eigenvalue weighted by Gasteiger charge is 2.45. The van der Waals surface area contributed by atoms with Gasteiger partial charge in [-0.1, -0.05) is 77.4 Å². The van der Waals surface area contributed by atoms with E-state index in [1.54, 1.807) is 0 Å². The van der Waals surface area contributed by atoms with Crippen LogP contribution in [0.1, 0.15) is 130 Å². The maximum absolute atomic E-state index is 13.4. The first-order valence-electron chi connectivity index (χ1n) is 13.0. The van der Waals surface area contributed by atoms with Crippen molar-refractivity contribution in [2.45, 2.75) is 136 Å². The zero-order chi connectivity index (χ0) is 21.0. The van der Waals surface area contributed by atoms with E-state index in [4.69, 9.17) is 4.74 Å². The van der Waals surface area contributed by atoms with E-state index in [9.17, 15) is 4.79 Å².